The number of hydrogen-bond donors (Lipinski definition) is 2. The first kappa shape index (κ1) is 15.9. The lowest BCUT2D eigenvalue weighted by molar-refractivity contribution is -0.159. The Bertz CT molecular complexity index is 657. The second-order valence-electron chi connectivity index (χ2n) is 4.83. The van der Waals surface area contributed by atoms with Crippen LogP contribution in [0, 0.1) is 0 Å². The molecule has 3 heterocycles. The summed E-state index contributed by atoms with van der Waals surface area (Å²) in [6.45, 7) is 2.04. The molecule has 0 bridgehead atoms. The van der Waals surface area contributed by atoms with Crippen LogP contribution in [-0.4, -0.2) is 55.0 Å². The van der Waals surface area contributed by atoms with Gasteiger partial charge in [-0.05, 0) is 12.0 Å². The number of aliphatic carboxylic acids is 1. The molecule has 0 spiro atoms. The predicted octanol–water partition coefficient (Wildman–Crippen LogP) is 1.41. The molecule has 0 unspecified atom stereocenters. The van der Waals surface area contributed by atoms with Crippen molar-refractivity contribution in [2.75, 3.05) is 11.5 Å². The molecule has 0 aromatic carbocycles. The van der Waals surface area contributed by atoms with E-state index in [4.69, 9.17) is 0 Å². The summed E-state index contributed by atoms with van der Waals surface area (Å²) in [5.74, 6) is -0.616. The van der Waals surface area contributed by atoms with E-state index in [0.29, 0.717) is 17.1 Å². The van der Waals surface area contributed by atoms with E-state index in [1.54, 1.807) is 17.5 Å². The van der Waals surface area contributed by atoms with Gasteiger partial charge in [0, 0.05) is 11.5 Å². The zero-order valence-electron chi connectivity index (χ0n) is 11.7. The van der Waals surface area contributed by atoms with Crippen molar-refractivity contribution in [2.24, 2.45) is 0 Å². The van der Waals surface area contributed by atoms with E-state index in [0.717, 1.165) is 15.6 Å². The van der Waals surface area contributed by atoms with Gasteiger partial charge in [-0.3, -0.25) is 9.69 Å². The Balaban J connectivity index is 1.78. The predicted molar refractivity (Wildman–Crippen MR) is 86.0 cm³/mol. The number of carboxylic acids is 1. The minimum atomic E-state index is -1.11. The van der Waals surface area contributed by atoms with Gasteiger partial charge in [0.1, 0.15) is 11.1 Å². The summed E-state index contributed by atoms with van der Waals surface area (Å²) in [6, 6.07) is 0. The van der Waals surface area contributed by atoms with Gasteiger partial charge in [0.2, 0.25) is 0 Å². The Morgan fingerprint density at radius 2 is 2.36 bits per heavy atom. The van der Waals surface area contributed by atoms with Gasteiger partial charge in [-0.15, -0.1) is 34.9 Å². The molecule has 2 N–H and O–H groups in total. The van der Waals surface area contributed by atoms with Crippen molar-refractivity contribution in [1.82, 2.24) is 9.88 Å². The lowest BCUT2D eigenvalue weighted by Crippen LogP contribution is -2.64. The summed E-state index contributed by atoms with van der Waals surface area (Å²) >= 11 is 4.54. The lowest BCUT2D eigenvalue weighted by atomic mass is 10.1. The third kappa shape index (κ3) is 2.66. The standard InChI is InChI=1S/C13H14N2O4S3/c1-2-7-14-3-8(22-7)20-4-6-5-21-12-10(16)11(17)15(12)9(6)13(18)19/h3,10,12,16H,2,4-5H2,1H3,(H,18,19)/t10-,12-/m1/s1. The van der Waals surface area contributed by atoms with Crippen LogP contribution >= 0.6 is 34.9 Å². The third-order valence-corrected chi connectivity index (χ3v) is 7.19. The lowest BCUT2D eigenvalue weighted by Gasteiger charge is -2.47. The summed E-state index contributed by atoms with van der Waals surface area (Å²) in [6.07, 6.45) is 1.60. The van der Waals surface area contributed by atoms with Crippen molar-refractivity contribution in [3.8, 4) is 0 Å². The van der Waals surface area contributed by atoms with E-state index >= 15 is 0 Å². The Kier molecular flexibility index (Phi) is 4.49. The number of carbonyl (C=O) groups excluding carboxylic acids is 1. The first-order chi connectivity index (χ1) is 10.5. The summed E-state index contributed by atoms with van der Waals surface area (Å²) < 4.78 is 1.04. The summed E-state index contributed by atoms with van der Waals surface area (Å²) in [5, 5.41) is 19.6. The number of thioether (sulfide) groups is 2. The van der Waals surface area contributed by atoms with E-state index in [1.807, 2.05) is 6.92 Å². The van der Waals surface area contributed by atoms with E-state index < -0.39 is 23.4 Å². The molecule has 1 saturated heterocycles. The van der Waals surface area contributed by atoms with Gasteiger partial charge >= 0.3 is 5.97 Å². The number of amides is 1. The highest BCUT2D eigenvalue weighted by molar-refractivity contribution is 8.02. The van der Waals surface area contributed by atoms with Crippen molar-refractivity contribution < 1.29 is 19.8 Å². The number of fused-ring (bicyclic) bond motifs is 1. The number of hydrogen-bond acceptors (Lipinski definition) is 7. The third-order valence-electron chi connectivity index (χ3n) is 3.45. The average Bonchev–Trinajstić information content (AvgIpc) is 2.99. The Labute approximate surface area is 139 Å². The zero-order chi connectivity index (χ0) is 15.9. The van der Waals surface area contributed by atoms with Crippen LogP contribution in [-0.2, 0) is 16.0 Å². The van der Waals surface area contributed by atoms with E-state index in [2.05, 4.69) is 4.98 Å². The van der Waals surface area contributed by atoms with Crippen molar-refractivity contribution >= 4 is 46.7 Å². The van der Waals surface area contributed by atoms with Crippen LogP contribution in [0.15, 0.2) is 21.7 Å². The smallest absolute Gasteiger partial charge is 0.352 e. The molecular formula is C13H14N2O4S3. The number of thiazole rings is 1. The molecule has 6 nitrogen and oxygen atoms in total. The molecule has 22 heavy (non-hydrogen) atoms. The van der Waals surface area contributed by atoms with Crippen LogP contribution in [0.1, 0.15) is 11.9 Å². The first-order valence-corrected chi connectivity index (χ1v) is 9.53. The number of rotatable bonds is 5. The molecule has 0 saturated carbocycles. The van der Waals surface area contributed by atoms with Gasteiger partial charge in [0.25, 0.3) is 5.91 Å². The largest absolute Gasteiger partial charge is 0.477 e. The summed E-state index contributed by atoms with van der Waals surface area (Å²) in [7, 11) is 0. The number of carboxylic acid groups (broad SMARTS) is 1. The molecule has 2 aliphatic rings. The van der Waals surface area contributed by atoms with Crippen molar-refractivity contribution in [3.05, 3.63) is 22.5 Å². The number of aliphatic hydroxyl groups is 1. The number of nitrogens with zero attached hydrogens (tertiary/aromatic N) is 2. The van der Waals surface area contributed by atoms with E-state index in [-0.39, 0.29) is 5.70 Å². The second kappa shape index (κ2) is 6.23. The Morgan fingerprint density at radius 3 is 3.00 bits per heavy atom. The zero-order valence-corrected chi connectivity index (χ0v) is 14.1. The quantitative estimate of drug-likeness (QED) is 0.607. The van der Waals surface area contributed by atoms with Crippen molar-refractivity contribution in [1.29, 1.82) is 0 Å². The van der Waals surface area contributed by atoms with Gasteiger partial charge in [0.05, 0.1) is 15.4 Å². The number of β-lactam (4-membered cyclic amide) rings is 1. The molecule has 3 rings (SSSR count). The molecule has 2 atom stereocenters. The molecule has 1 fully saturated rings. The highest BCUT2D eigenvalue weighted by atomic mass is 32.2. The fourth-order valence-electron chi connectivity index (χ4n) is 2.32. The number of aryl methyl sites for hydroxylation is 1. The highest BCUT2D eigenvalue weighted by Crippen LogP contribution is 2.41. The molecule has 1 aromatic rings. The first-order valence-electron chi connectivity index (χ1n) is 6.68. The van der Waals surface area contributed by atoms with E-state index in [1.165, 1.54) is 28.4 Å². The van der Waals surface area contributed by atoms with Gasteiger partial charge in [-0.25, -0.2) is 9.78 Å². The maximum atomic E-state index is 11.7. The number of aromatic nitrogens is 1. The monoisotopic (exact) mass is 358 g/mol. The number of aliphatic hydroxyl groups excluding tert-OH is 1. The summed E-state index contributed by atoms with van der Waals surface area (Å²) in [4.78, 5) is 28.7. The Morgan fingerprint density at radius 1 is 1.59 bits per heavy atom. The van der Waals surface area contributed by atoms with E-state index in [9.17, 15) is 19.8 Å². The van der Waals surface area contributed by atoms with Crippen molar-refractivity contribution in [2.45, 2.75) is 29.0 Å². The van der Waals surface area contributed by atoms with Crippen LogP contribution in [0.25, 0.3) is 0 Å². The van der Waals surface area contributed by atoms with Crippen molar-refractivity contribution in [3.63, 3.8) is 0 Å². The minimum absolute atomic E-state index is 0.0341. The molecular weight excluding hydrogens is 344 g/mol. The van der Waals surface area contributed by atoms with Crippen LogP contribution in [0.5, 0.6) is 0 Å². The van der Waals surface area contributed by atoms with Gasteiger partial charge in [-0.1, -0.05) is 6.92 Å². The molecule has 1 amide bonds. The maximum absolute atomic E-state index is 11.7. The SMILES string of the molecule is CCc1ncc(SCC2=C(C(=O)O)N3C(=O)[C@@H](O)[C@H]3SC2)s1. The van der Waals surface area contributed by atoms with Crippen LogP contribution in [0.4, 0.5) is 0 Å². The fourth-order valence-corrected chi connectivity index (χ4v) is 5.69. The van der Waals surface area contributed by atoms with Gasteiger partial charge in [0.15, 0.2) is 6.10 Å². The number of carbonyl (C=O) groups is 2. The van der Waals surface area contributed by atoms with Gasteiger partial charge in [-0.2, -0.15) is 0 Å². The summed E-state index contributed by atoms with van der Waals surface area (Å²) in [5.41, 5.74) is 0.747. The second-order valence-corrected chi connectivity index (χ2v) is 8.32. The fraction of sp³-hybridized carbons (Fsp3) is 0.462. The normalized spacial score (nSPS) is 24.3. The van der Waals surface area contributed by atoms with Gasteiger partial charge < -0.3 is 10.2 Å². The maximum Gasteiger partial charge on any atom is 0.352 e. The molecule has 1 aromatic heterocycles. The molecule has 0 aliphatic carbocycles. The molecule has 118 valence electrons. The van der Waals surface area contributed by atoms with Crippen LogP contribution in [0.2, 0.25) is 0 Å². The van der Waals surface area contributed by atoms with Crippen LogP contribution < -0.4 is 0 Å². The highest BCUT2D eigenvalue weighted by Gasteiger charge is 2.52. The van der Waals surface area contributed by atoms with Crippen LogP contribution in [0.3, 0.4) is 0 Å². The molecule has 9 heteroatoms. The molecule has 0 radical (unpaired) electrons. The topological polar surface area (TPSA) is 90.7 Å². The average molecular weight is 358 g/mol. The minimum Gasteiger partial charge on any atom is -0.477 e. The molecule has 2 aliphatic heterocycles. The Hall–Kier alpha value is -1.03.